The minimum atomic E-state index is -3.33. The summed E-state index contributed by atoms with van der Waals surface area (Å²) in [7, 11) is -3.33. The second-order valence-corrected chi connectivity index (χ2v) is 8.77. The molecule has 0 radical (unpaired) electrons. The van der Waals surface area contributed by atoms with Crippen LogP contribution < -0.4 is 0 Å². The van der Waals surface area contributed by atoms with Crippen LogP contribution in [0.15, 0.2) is 46.0 Å². The van der Waals surface area contributed by atoms with Gasteiger partial charge < -0.3 is 0 Å². The second-order valence-electron chi connectivity index (χ2n) is 5.88. The predicted octanol–water partition coefficient (Wildman–Crippen LogP) is 3.89. The van der Waals surface area contributed by atoms with Crippen molar-refractivity contribution in [3.05, 3.63) is 52.5 Å². The predicted molar refractivity (Wildman–Crippen MR) is 90.9 cm³/mol. The molecule has 1 aromatic carbocycles. The fourth-order valence-electron chi connectivity index (χ4n) is 3.15. The molecule has 1 fully saturated rings. The third-order valence-electron chi connectivity index (χ3n) is 4.32. The largest absolute Gasteiger partial charge is 0.296 e. The first-order chi connectivity index (χ1) is 11.1. The van der Waals surface area contributed by atoms with Crippen molar-refractivity contribution in [1.29, 1.82) is 0 Å². The number of rotatable bonds is 6. The summed E-state index contributed by atoms with van der Waals surface area (Å²) >= 11 is 1.70. The van der Waals surface area contributed by atoms with Crippen LogP contribution in [0.25, 0.3) is 0 Å². The summed E-state index contributed by atoms with van der Waals surface area (Å²) in [5.74, 6) is -0.314. The SMILES string of the molecule is O=S(=O)(CCCN1CCCC1c1ccsc1)c1ccc(F)cc1. The van der Waals surface area contributed by atoms with Gasteiger partial charge in [0.15, 0.2) is 9.84 Å². The third kappa shape index (κ3) is 4.00. The van der Waals surface area contributed by atoms with Crippen molar-refractivity contribution in [1.82, 2.24) is 4.90 Å². The van der Waals surface area contributed by atoms with E-state index in [2.05, 4.69) is 21.7 Å². The van der Waals surface area contributed by atoms with Crippen LogP contribution in [0, 0.1) is 5.82 Å². The molecule has 1 aliphatic heterocycles. The summed E-state index contributed by atoms with van der Waals surface area (Å²) in [6, 6.07) is 7.65. The van der Waals surface area contributed by atoms with Crippen LogP contribution >= 0.6 is 11.3 Å². The Hall–Kier alpha value is -1.24. The molecule has 1 aromatic heterocycles. The van der Waals surface area contributed by atoms with E-state index in [0.29, 0.717) is 12.5 Å². The third-order valence-corrected chi connectivity index (χ3v) is 6.84. The van der Waals surface area contributed by atoms with Gasteiger partial charge in [0.05, 0.1) is 10.6 Å². The van der Waals surface area contributed by atoms with E-state index < -0.39 is 15.7 Å². The quantitative estimate of drug-likeness (QED) is 0.740. The van der Waals surface area contributed by atoms with Crippen LogP contribution in [0.3, 0.4) is 0 Å². The average molecular weight is 353 g/mol. The van der Waals surface area contributed by atoms with E-state index in [-0.39, 0.29) is 10.6 Å². The zero-order valence-electron chi connectivity index (χ0n) is 12.8. The molecule has 2 heterocycles. The Morgan fingerprint density at radius 1 is 1.22 bits per heavy atom. The van der Waals surface area contributed by atoms with E-state index in [4.69, 9.17) is 0 Å². The Kier molecular flexibility index (Phi) is 5.14. The van der Waals surface area contributed by atoms with E-state index in [1.54, 1.807) is 11.3 Å². The van der Waals surface area contributed by atoms with Crippen molar-refractivity contribution in [2.24, 2.45) is 0 Å². The molecule has 0 N–H and O–H groups in total. The van der Waals surface area contributed by atoms with Crippen LogP contribution in [0.5, 0.6) is 0 Å². The number of nitrogens with zero attached hydrogens (tertiary/aromatic N) is 1. The lowest BCUT2D eigenvalue weighted by Crippen LogP contribution is -2.25. The van der Waals surface area contributed by atoms with Gasteiger partial charge in [0, 0.05) is 6.04 Å². The summed E-state index contributed by atoms with van der Waals surface area (Å²) in [6.45, 7) is 1.80. The first-order valence-electron chi connectivity index (χ1n) is 7.81. The number of thiophene rings is 1. The number of hydrogen-bond donors (Lipinski definition) is 0. The summed E-state index contributed by atoms with van der Waals surface area (Å²) in [5, 5.41) is 4.27. The zero-order chi connectivity index (χ0) is 16.3. The minimum Gasteiger partial charge on any atom is -0.296 e. The average Bonchev–Trinajstić information content (AvgIpc) is 3.18. The van der Waals surface area contributed by atoms with Crippen molar-refractivity contribution < 1.29 is 12.8 Å². The van der Waals surface area contributed by atoms with Crippen LogP contribution in [-0.4, -0.2) is 32.2 Å². The molecule has 23 heavy (non-hydrogen) atoms. The zero-order valence-corrected chi connectivity index (χ0v) is 14.5. The maximum atomic E-state index is 12.9. The molecule has 1 unspecified atom stereocenters. The van der Waals surface area contributed by atoms with Crippen molar-refractivity contribution in [3.8, 4) is 0 Å². The molecule has 124 valence electrons. The highest BCUT2D eigenvalue weighted by molar-refractivity contribution is 7.91. The van der Waals surface area contributed by atoms with E-state index in [1.165, 1.54) is 29.8 Å². The Labute approximate surface area is 140 Å². The van der Waals surface area contributed by atoms with E-state index >= 15 is 0 Å². The number of hydrogen-bond acceptors (Lipinski definition) is 4. The molecule has 3 nitrogen and oxygen atoms in total. The lowest BCUT2D eigenvalue weighted by Gasteiger charge is -2.23. The second kappa shape index (κ2) is 7.11. The molecular formula is C17H20FNO2S2. The fourth-order valence-corrected chi connectivity index (χ4v) is 5.16. The lowest BCUT2D eigenvalue weighted by molar-refractivity contribution is 0.258. The first-order valence-corrected chi connectivity index (χ1v) is 10.4. The van der Waals surface area contributed by atoms with Gasteiger partial charge in [-0.25, -0.2) is 12.8 Å². The van der Waals surface area contributed by atoms with E-state index in [9.17, 15) is 12.8 Å². The molecular weight excluding hydrogens is 333 g/mol. The van der Waals surface area contributed by atoms with Gasteiger partial charge in [0.2, 0.25) is 0 Å². The molecule has 1 saturated heterocycles. The normalized spacial score (nSPS) is 19.3. The molecule has 0 bridgehead atoms. The summed E-state index contributed by atoms with van der Waals surface area (Å²) in [4.78, 5) is 2.58. The molecule has 0 amide bonds. The van der Waals surface area contributed by atoms with Gasteiger partial charge in [-0.05, 0) is 79.0 Å². The van der Waals surface area contributed by atoms with Crippen molar-refractivity contribution in [2.75, 3.05) is 18.8 Å². The highest BCUT2D eigenvalue weighted by Crippen LogP contribution is 2.33. The van der Waals surface area contributed by atoms with Crippen LogP contribution in [0.4, 0.5) is 4.39 Å². The van der Waals surface area contributed by atoms with Gasteiger partial charge in [-0.2, -0.15) is 11.3 Å². The monoisotopic (exact) mass is 353 g/mol. The molecule has 1 atom stereocenters. The lowest BCUT2D eigenvalue weighted by atomic mass is 10.1. The van der Waals surface area contributed by atoms with Gasteiger partial charge in [0.25, 0.3) is 0 Å². The van der Waals surface area contributed by atoms with Gasteiger partial charge in [0.1, 0.15) is 5.82 Å². The van der Waals surface area contributed by atoms with Crippen LogP contribution in [0.2, 0.25) is 0 Å². The van der Waals surface area contributed by atoms with Crippen LogP contribution in [0.1, 0.15) is 30.9 Å². The van der Waals surface area contributed by atoms with Gasteiger partial charge in [-0.15, -0.1) is 0 Å². The number of likely N-dealkylation sites (tertiary alicyclic amines) is 1. The van der Waals surface area contributed by atoms with Gasteiger partial charge in [-0.3, -0.25) is 4.90 Å². The maximum Gasteiger partial charge on any atom is 0.178 e. The highest BCUT2D eigenvalue weighted by Gasteiger charge is 2.26. The van der Waals surface area contributed by atoms with Crippen molar-refractivity contribution in [3.63, 3.8) is 0 Å². The first kappa shape index (κ1) is 16.6. The van der Waals surface area contributed by atoms with Crippen molar-refractivity contribution in [2.45, 2.75) is 30.2 Å². The summed E-state index contributed by atoms with van der Waals surface area (Å²) in [5.41, 5.74) is 1.34. The van der Waals surface area contributed by atoms with Gasteiger partial charge in [-0.1, -0.05) is 0 Å². The number of sulfone groups is 1. The van der Waals surface area contributed by atoms with Crippen LogP contribution in [-0.2, 0) is 9.84 Å². The Bertz CT molecular complexity index is 726. The summed E-state index contributed by atoms with van der Waals surface area (Å²) < 4.78 is 37.5. The Morgan fingerprint density at radius 3 is 2.70 bits per heavy atom. The molecule has 0 saturated carbocycles. The Balaban J connectivity index is 1.57. The van der Waals surface area contributed by atoms with Crippen molar-refractivity contribution >= 4 is 21.2 Å². The Morgan fingerprint density at radius 2 is 2.00 bits per heavy atom. The van der Waals surface area contributed by atoms with Gasteiger partial charge >= 0.3 is 0 Å². The molecule has 3 rings (SSSR count). The molecule has 6 heteroatoms. The molecule has 0 aliphatic carbocycles. The highest BCUT2D eigenvalue weighted by atomic mass is 32.2. The molecule has 1 aliphatic rings. The minimum absolute atomic E-state index is 0.103. The van der Waals surface area contributed by atoms with E-state index in [1.807, 2.05) is 0 Å². The standard InChI is InChI=1S/C17H20FNO2S2/c18-15-4-6-16(7-5-15)23(20,21)12-2-10-19-9-1-3-17(19)14-8-11-22-13-14/h4-8,11,13,17H,1-3,9-10,12H2. The molecule has 2 aromatic rings. The number of benzene rings is 1. The number of halogens is 1. The maximum absolute atomic E-state index is 12.9. The summed E-state index contributed by atoms with van der Waals surface area (Å²) in [6.07, 6.45) is 2.90. The molecule has 0 spiro atoms. The van der Waals surface area contributed by atoms with E-state index in [0.717, 1.165) is 25.9 Å². The topological polar surface area (TPSA) is 37.4 Å². The smallest absolute Gasteiger partial charge is 0.178 e. The fraction of sp³-hybridized carbons (Fsp3) is 0.412.